The van der Waals surface area contributed by atoms with Crippen molar-refractivity contribution < 1.29 is 15.0 Å². The van der Waals surface area contributed by atoms with Crippen molar-refractivity contribution in [2.75, 3.05) is 0 Å². The van der Waals surface area contributed by atoms with Gasteiger partial charge in [-0.1, -0.05) is 36.4 Å². The summed E-state index contributed by atoms with van der Waals surface area (Å²) < 4.78 is 0. The highest BCUT2D eigenvalue weighted by Crippen LogP contribution is 2.09. The second kappa shape index (κ2) is 5.32. The van der Waals surface area contributed by atoms with Gasteiger partial charge in [-0.2, -0.15) is 0 Å². The minimum Gasteiger partial charge on any atom is -0.550 e. The Hall–Kier alpha value is -1.61. The molecule has 80 valence electrons. The first-order valence-electron chi connectivity index (χ1n) is 4.71. The molecular formula is C12H13O3-. The SMILES string of the molecule is Cc1ccccc1/C=C/C(O)CC(=O)[O-]. The van der Waals surface area contributed by atoms with Gasteiger partial charge in [0, 0.05) is 12.4 Å². The smallest absolute Gasteiger partial charge is 0.0776 e. The number of carbonyl (C=O) groups is 1. The lowest BCUT2D eigenvalue weighted by molar-refractivity contribution is -0.306. The van der Waals surface area contributed by atoms with Gasteiger partial charge in [0.2, 0.25) is 0 Å². The molecule has 0 heterocycles. The summed E-state index contributed by atoms with van der Waals surface area (Å²) in [5.74, 6) is -1.25. The van der Waals surface area contributed by atoms with Crippen molar-refractivity contribution in [2.24, 2.45) is 0 Å². The van der Waals surface area contributed by atoms with E-state index in [1.165, 1.54) is 6.08 Å². The molecule has 0 radical (unpaired) electrons. The number of aliphatic hydroxyl groups excluding tert-OH is 1. The molecule has 1 unspecified atom stereocenters. The molecule has 0 aliphatic rings. The normalized spacial score (nSPS) is 12.9. The van der Waals surface area contributed by atoms with Gasteiger partial charge in [-0.3, -0.25) is 0 Å². The van der Waals surface area contributed by atoms with E-state index in [-0.39, 0.29) is 6.42 Å². The van der Waals surface area contributed by atoms with E-state index in [9.17, 15) is 15.0 Å². The second-order valence-electron chi connectivity index (χ2n) is 3.36. The van der Waals surface area contributed by atoms with Crippen LogP contribution in [0.5, 0.6) is 0 Å². The molecule has 0 fully saturated rings. The Bertz CT molecular complexity index is 369. The molecule has 1 aromatic rings. The van der Waals surface area contributed by atoms with E-state index in [4.69, 9.17) is 0 Å². The first kappa shape index (κ1) is 11.5. The van der Waals surface area contributed by atoms with Crippen LogP contribution in [0.25, 0.3) is 6.08 Å². The minimum absolute atomic E-state index is 0.373. The number of carbonyl (C=O) groups excluding carboxylic acids is 1. The molecule has 0 saturated carbocycles. The zero-order valence-electron chi connectivity index (χ0n) is 8.51. The van der Waals surface area contributed by atoms with Crippen LogP contribution >= 0.6 is 0 Å². The fourth-order valence-corrected chi connectivity index (χ4v) is 1.23. The van der Waals surface area contributed by atoms with Crippen LogP contribution in [-0.2, 0) is 4.79 Å². The quantitative estimate of drug-likeness (QED) is 0.779. The molecule has 0 aromatic heterocycles. The number of carboxylic acids is 1. The van der Waals surface area contributed by atoms with Gasteiger partial charge < -0.3 is 15.0 Å². The van der Waals surface area contributed by atoms with Crippen molar-refractivity contribution in [1.29, 1.82) is 0 Å². The number of hydrogen-bond acceptors (Lipinski definition) is 3. The molecule has 1 atom stereocenters. The molecular weight excluding hydrogens is 192 g/mol. The van der Waals surface area contributed by atoms with Crippen molar-refractivity contribution >= 4 is 12.0 Å². The monoisotopic (exact) mass is 205 g/mol. The lowest BCUT2D eigenvalue weighted by Gasteiger charge is -2.06. The summed E-state index contributed by atoms with van der Waals surface area (Å²) in [7, 11) is 0. The summed E-state index contributed by atoms with van der Waals surface area (Å²) in [5, 5.41) is 19.4. The topological polar surface area (TPSA) is 60.4 Å². The Morgan fingerprint density at radius 3 is 2.80 bits per heavy atom. The molecule has 0 amide bonds. The molecule has 3 heteroatoms. The molecule has 3 nitrogen and oxygen atoms in total. The van der Waals surface area contributed by atoms with Crippen molar-refractivity contribution in [3.63, 3.8) is 0 Å². The summed E-state index contributed by atoms with van der Waals surface area (Å²) >= 11 is 0. The van der Waals surface area contributed by atoms with Crippen molar-refractivity contribution in [3.05, 3.63) is 41.5 Å². The average molecular weight is 205 g/mol. The zero-order valence-corrected chi connectivity index (χ0v) is 8.51. The van der Waals surface area contributed by atoms with Gasteiger partial charge in [-0.25, -0.2) is 0 Å². The van der Waals surface area contributed by atoms with Crippen LogP contribution in [0.1, 0.15) is 17.5 Å². The molecule has 0 bridgehead atoms. The van der Waals surface area contributed by atoms with E-state index in [0.717, 1.165) is 11.1 Å². The van der Waals surface area contributed by atoms with Gasteiger partial charge in [0.05, 0.1) is 6.10 Å². The fraction of sp³-hybridized carbons (Fsp3) is 0.250. The van der Waals surface area contributed by atoms with Crippen molar-refractivity contribution in [3.8, 4) is 0 Å². The fourth-order valence-electron chi connectivity index (χ4n) is 1.23. The predicted octanol–water partition coefficient (Wildman–Crippen LogP) is 0.509. The van der Waals surface area contributed by atoms with E-state index in [2.05, 4.69) is 0 Å². The number of aryl methyl sites for hydroxylation is 1. The predicted molar refractivity (Wildman–Crippen MR) is 55.8 cm³/mol. The average Bonchev–Trinajstić information content (AvgIpc) is 2.15. The van der Waals surface area contributed by atoms with Crippen LogP contribution in [0.4, 0.5) is 0 Å². The van der Waals surface area contributed by atoms with Gasteiger partial charge in [0.25, 0.3) is 0 Å². The largest absolute Gasteiger partial charge is 0.550 e. The zero-order chi connectivity index (χ0) is 11.3. The van der Waals surface area contributed by atoms with Gasteiger partial charge in [-0.15, -0.1) is 0 Å². The number of hydrogen-bond donors (Lipinski definition) is 1. The Kier molecular flexibility index (Phi) is 4.06. The molecule has 0 saturated heterocycles. The number of rotatable bonds is 4. The minimum atomic E-state index is -1.25. The van der Waals surface area contributed by atoms with Crippen LogP contribution in [0.15, 0.2) is 30.3 Å². The second-order valence-corrected chi connectivity index (χ2v) is 3.36. The van der Waals surface area contributed by atoms with Gasteiger partial charge in [0.15, 0.2) is 0 Å². The number of aliphatic carboxylic acids is 1. The first-order chi connectivity index (χ1) is 7.09. The Morgan fingerprint density at radius 1 is 1.53 bits per heavy atom. The third-order valence-electron chi connectivity index (χ3n) is 2.06. The van der Waals surface area contributed by atoms with E-state index in [0.29, 0.717) is 0 Å². The highest BCUT2D eigenvalue weighted by molar-refractivity contribution is 5.65. The molecule has 0 aliphatic carbocycles. The highest BCUT2D eigenvalue weighted by Gasteiger charge is 1.99. The van der Waals surface area contributed by atoms with Crippen LogP contribution in [-0.4, -0.2) is 17.2 Å². The summed E-state index contributed by atoms with van der Waals surface area (Å²) in [6.45, 7) is 1.95. The highest BCUT2D eigenvalue weighted by atomic mass is 16.4. The van der Waals surface area contributed by atoms with Crippen molar-refractivity contribution in [1.82, 2.24) is 0 Å². The van der Waals surface area contributed by atoms with Crippen LogP contribution in [0.3, 0.4) is 0 Å². The van der Waals surface area contributed by atoms with Gasteiger partial charge >= 0.3 is 0 Å². The van der Waals surface area contributed by atoms with Crippen LogP contribution < -0.4 is 5.11 Å². The molecule has 1 rings (SSSR count). The van der Waals surface area contributed by atoms with Gasteiger partial charge in [-0.05, 0) is 18.1 Å². The molecule has 0 aliphatic heterocycles. The molecule has 0 spiro atoms. The summed E-state index contributed by atoms with van der Waals surface area (Å²) in [6.07, 6.45) is 1.80. The maximum Gasteiger partial charge on any atom is 0.0776 e. The first-order valence-corrected chi connectivity index (χ1v) is 4.71. The van der Waals surface area contributed by atoms with Crippen LogP contribution in [0.2, 0.25) is 0 Å². The summed E-state index contributed by atoms with van der Waals surface area (Å²) in [4.78, 5) is 10.2. The van der Waals surface area contributed by atoms with Gasteiger partial charge in [0.1, 0.15) is 0 Å². The molecule has 1 aromatic carbocycles. The Labute approximate surface area is 88.7 Å². The number of aliphatic hydroxyl groups is 1. The lowest BCUT2D eigenvalue weighted by Crippen LogP contribution is -2.26. The Balaban J connectivity index is 2.65. The summed E-state index contributed by atoms with van der Waals surface area (Å²) in [5.41, 5.74) is 2.05. The van der Waals surface area contributed by atoms with E-state index in [1.807, 2.05) is 31.2 Å². The number of benzene rings is 1. The Morgan fingerprint density at radius 2 is 2.20 bits per heavy atom. The maximum absolute atomic E-state index is 10.2. The summed E-state index contributed by atoms with van der Waals surface area (Å²) in [6, 6.07) is 7.66. The van der Waals surface area contributed by atoms with E-state index >= 15 is 0 Å². The van der Waals surface area contributed by atoms with Crippen molar-refractivity contribution in [2.45, 2.75) is 19.4 Å². The molecule has 1 N–H and O–H groups in total. The third kappa shape index (κ3) is 3.95. The lowest BCUT2D eigenvalue weighted by atomic mass is 10.1. The number of carboxylic acid groups (broad SMARTS) is 1. The standard InChI is InChI=1S/C12H14O3/c1-9-4-2-3-5-10(9)6-7-11(13)8-12(14)15/h2-7,11,13H,8H2,1H3,(H,14,15)/p-1/b7-6+. The van der Waals surface area contributed by atoms with E-state index in [1.54, 1.807) is 6.08 Å². The van der Waals surface area contributed by atoms with Crippen LogP contribution in [0, 0.1) is 6.92 Å². The molecule has 15 heavy (non-hydrogen) atoms. The third-order valence-corrected chi connectivity index (χ3v) is 2.06. The van der Waals surface area contributed by atoms with E-state index < -0.39 is 12.1 Å². The maximum atomic E-state index is 10.2.